The summed E-state index contributed by atoms with van der Waals surface area (Å²) in [4.78, 5) is 1.00. The van der Waals surface area contributed by atoms with Crippen LogP contribution in [0.3, 0.4) is 0 Å². The van der Waals surface area contributed by atoms with E-state index in [1.54, 1.807) is 18.2 Å². The van der Waals surface area contributed by atoms with E-state index in [4.69, 9.17) is 16.7 Å². The van der Waals surface area contributed by atoms with Gasteiger partial charge in [-0.1, -0.05) is 23.4 Å². The van der Waals surface area contributed by atoms with E-state index in [0.717, 1.165) is 14.7 Å². The van der Waals surface area contributed by atoms with Gasteiger partial charge in [-0.15, -0.1) is 11.3 Å². The van der Waals surface area contributed by atoms with Crippen molar-refractivity contribution < 1.29 is 8.42 Å². The molecule has 0 aliphatic rings. The van der Waals surface area contributed by atoms with Gasteiger partial charge < -0.3 is 0 Å². The molecule has 0 atom stereocenters. The first-order valence-electron chi connectivity index (χ1n) is 4.93. The second kappa shape index (κ2) is 5.22. The lowest BCUT2D eigenvalue weighted by Gasteiger charge is -1.99. The van der Waals surface area contributed by atoms with Gasteiger partial charge in [-0.3, -0.25) is 0 Å². The molecule has 7 heteroatoms. The first-order valence-corrected chi connectivity index (χ1v) is 8.48. The smallest absolute Gasteiger partial charge is 0.224 e. The summed E-state index contributed by atoms with van der Waals surface area (Å²) in [5.41, 5.74) is 0.906. The first-order chi connectivity index (χ1) is 8.36. The van der Waals surface area contributed by atoms with Crippen LogP contribution in [-0.2, 0) is 10.0 Å². The standard InChI is InChI=1S/C11H10ClNO2S3/c1-7-6-10(18(13,14)15)17-11(7)16-9-4-2-8(12)3-5-9/h2-6H,1H3,(H2,13,14,15). The fourth-order valence-electron chi connectivity index (χ4n) is 1.29. The van der Waals surface area contributed by atoms with Crippen molar-refractivity contribution in [3.8, 4) is 0 Å². The number of primary sulfonamides is 1. The van der Waals surface area contributed by atoms with Crippen molar-refractivity contribution >= 4 is 44.7 Å². The van der Waals surface area contributed by atoms with Crippen molar-refractivity contribution in [3.63, 3.8) is 0 Å². The minimum absolute atomic E-state index is 0.191. The minimum atomic E-state index is -3.62. The van der Waals surface area contributed by atoms with E-state index in [2.05, 4.69) is 0 Å². The minimum Gasteiger partial charge on any atom is -0.224 e. The Morgan fingerprint density at radius 3 is 2.39 bits per heavy atom. The van der Waals surface area contributed by atoms with Crippen LogP contribution >= 0.6 is 34.7 Å². The van der Waals surface area contributed by atoms with Crippen LogP contribution in [-0.4, -0.2) is 8.42 Å². The predicted molar refractivity (Wildman–Crippen MR) is 76.0 cm³/mol. The Hall–Kier alpha value is -0.530. The van der Waals surface area contributed by atoms with Gasteiger partial charge in [0, 0.05) is 9.92 Å². The third-order valence-electron chi connectivity index (χ3n) is 2.15. The zero-order valence-corrected chi connectivity index (χ0v) is 12.6. The molecule has 0 radical (unpaired) electrons. The van der Waals surface area contributed by atoms with E-state index in [1.165, 1.54) is 23.1 Å². The van der Waals surface area contributed by atoms with Gasteiger partial charge in [0.15, 0.2) is 0 Å². The maximum Gasteiger partial charge on any atom is 0.247 e. The highest BCUT2D eigenvalue weighted by atomic mass is 35.5. The lowest BCUT2D eigenvalue weighted by atomic mass is 10.4. The Bertz CT molecular complexity index is 662. The van der Waals surface area contributed by atoms with E-state index >= 15 is 0 Å². The molecule has 3 nitrogen and oxygen atoms in total. The molecular formula is C11H10ClNO2S3. The number of sulfonamides is 1. The Morgan fingerprint density at radius 2 is 1.89 bits per heavy atom. The van der Waals surface area contributed by atoms with Crippen LogP contribution in [0.2, 0.25) is 5.02 Å². The number of benzene rings is 1. The fraction of sp³-hybridized carbons (Fsp3) is 0.0909. The van der Waals surface area contributed by atoms with Crippen molar-refractivity contribution in [1.82, 2.24) is 0 Å². The normalized spacial score (nSPS) is 11.7. The van der Waals surface area contributed by atoms with Gasteiger partial charge in [-0.25, -0.2) is 13.6 Å². The molecule has 1 aromatic heterocycles. The molecule has 2 rings (SSSR count). The van der Waals surface area contributed by atoms with Crippen LogP contribution in [0.1, 0.15) is 5.56 Å². The summed E-state index contributed by atoms with van der Waals surface area (Å²) in [6.07, 6.45) is 0. The molecule has 0 bridgehead atoms. The quantitative estimate of drug-likeness (QED) is 0.941. The summed E-state index contributed by atoms with van der Waals surface area (Å²) in [5.74, 6) is 0. The fourth-order valence-corrected chi connectivity index (χ4v) is 4.70. The number of aryl methyl sites for hydroxylation is 1. The van der Waals surface area contributed by atoms with Crippen LogP contribution in [0.4, 0.5) is 0 Å². The Labute approximate surface area is 119 Å². The van der Waals surface area contributed by atoms with Crippen molar-refractivity contribution in [2.24, 2.45) is 5.14 Å². The largest absolute Gasteiger partial charge is 0.247 e. The maximum absolute atomic E-state index is 11.3. The second-order valence-electron chi connectivity index (χ2n) is 3.64. The van der Waals surface area contributed by atoms with E-state index < -0.39 is 10.0 Å². The molecule has 0 aliphatic heterocycles. The van der Waals surface area contributed by atoms with Gasteiger partial charge in [0.1, 0.15) is 4.21 Å². The van der Waals surface area contributed by atoms with Gasteiger partial charge in [-0.05, 0) is 42.8 Å². The highest BCUT2D eigenvalue weighted by Gasteiger charge is 2.15. The highest BCUT2D eigenvalue weighted by molar-refractivity contribution is 8.01. The van der Waals surface area contributed by atoms with E-state index in [9.17, 15) is 8.42 Å². The Morgan fingerprint density at radius 1 is 1.28 bits per heavy atom. The van der Waals surface area contributed by atoms with E-state index in [0.29, 0.717) is 5.02 Å². The topological polar surface area (TPSA) is 60.2 Å². The molecule has 96 valence electrons. The summed E-state index contributed by atoms with van der Waals surface area (Å²) in [6.45, 7) is 1.86. The number of rotatable bonds is 3. The summed E-state index contributed by atoms with van der Waals surface area (Å²) >= 11 is 8.49. The number of thiophene rings is 1. The van der Waals surface area contributed by atoms with Gasteiger partial charge in [0.05, 0.1) is 4.21 Å². The van der Waals surface area contributed by atoms with E-state index in [1.807, 2.05) is 19.1 Å². The highest BCUT2D eigenvalue weighted by Crippen LogP contribution is 2.38. The Balaban J connectivity index is 2.30. The molecule has 18 heavy (non-hydrogen) atoms. The second-order valence-corrected chi connectivity index (χ2v) is 8.26. The summed E-state index contributed by atoms with van der Waals surface area (Å²) in [7, 11) is -3.62. The van der Waals surface area contributed by atoms with Gasteiger partial charge in [0.2, 0.25) is 10.0 Å². The van der Waals surface area contributed by atoms with Gasteiger partial charge in [-0.2, -0.15) is 0 Å². The molecule has 1 heterocycles. The molecule has 0 saturated heterocycles. The molecule has 0 spiro atoms. The molecular weight excluding hydrogens is 310 g/mol. The lowest BCUT2D eigenvalue weighted by molar-refractivity contribution is 0.599. The molecule has 0 unspecified atom stereocenters. The van der Waals surface area contributed by atoms with Crippen molar-refractivity contribution in [2.75, 3.05) is 0 Å². The maximum atomic E-state index is 11.3. The molecule has 0 fully saturated rings. The van der Waals surface area contributed by atoms with Crippen LogP contribution < -0.4 is 5.14 Å². The van der Waals surface area contributed by atoms with E-state index in [-0.39, 0.29) is 4.21 Å². The SMILES string of the molecule is Cc1cc(S(N)(=O)=O)sc1Sc1ccc(Cl)cc1. The summed E-state index contributed by atoms with van der Waals surface area (Å²) in [6, 6.07) is 8.98. The molecule has 1 aromatic carbocycles. The number of hydrogen-bond donors (Lipinski definition) is 1. The van der Waals surface area contributed by atoms with Gasteiger partial charge >= 0.3 is 0 Å². The van der Waals surface area contributed by atoms with Gasteiger partial charge in [0.25, 0.3) is 0 Å². The summed E-state index contributed by atoms with van der Waals surface area (Å²) < 4.78 is 23.6. The third kappa shape index (κ3) is 3.27. The zero-order chi connectivity index (χ0) is 13.3. The van der Waals surface area contributed by atoms with Crippen molar-refractivity contribution in [3.05, 3.63) is 40.9 Å². The molecule has 2 N–H and O–H groups in total. The molecule has 0 aliphatic carbocycles. The third-order valence-corrected chi connectivity index (χ3v) is 6.37. The van der Waals surface area contributed by atoms with Crippen LogP contribution in [0.15, 0.2) is 43.6 Å². The van der Waals surface area contributed by atoms with Crippen molar-refractivity contribution in [1.29, 1.82) is 0 Å². The monoisotopic (exact) mass is 319 g/mol. The van der Waals surface area contributed by atoms with Crippen LogP contribution in [0.5, 0.6) is 0 Å². The van der Waals surface area contributed by atoms with Crippen LogP contribution in [0, 0.1) is 6.92 Å². The summed E-state index contributed by atoms with van der Waals surface area (Å²) in [5, 5.41) is 5.78. The molecule has 0 saturated carbocycles. The zero-order valence-electron chi connectivity index (χ0n) is 9.38. The molecule has 0 amide bonds. The Kier molecular flexibility index (Phi) is 4.03. The average molecular weight is 320 g/mol. The average Bonchev–Trinajstić information content (AvgIpc) is 2.63. The number of nitrogens with two attached hydrogens (primary N) is 1. The number of hydrogen-bond acceptors (Lipinski definition) is 4. The number of halogens is 1. The lowest BCUT2D eigenvalue weighted by Crippen LogP contribution is -2.09. The van der Waals surface area contributed by atoms with Crippen molar-refractivity contribution in [2.45, 2.75) is 20.2 Å². The predicted octanol–water partition coefficient (Wildman–Crippen LogP) is 3.51. The molecule has 2 aromatic rings. The first kappa shape index (κ1) is 13.9. The van der Waals surface area contributed by atoms with Crippen LogP contribution in [0.25, 0.3) is 0 Å².